The number of aromatic nitrogens is 2. The van der Waals surface area contributed by atoms with Gasteiger partial charge in [-0.2, -0.15) is 13.2 Å². The second-order valence-corrected chi connectivity index (χ2v) is 6.91. The van der Waals surface area contributed by atoms with E-state index in [-0.39, 0.29) is 18.7 Å². The fourth-order valence-corrected chi connectivity index (χ4v) is 3.46. The van der Waals surface area contributed by atoms with Gasteiger partial charge in [0.25, 0.3) is 5.91 Å². The van der Waals surface area contributed by atoms with Gasteiger partial charge in [-0.3, -0.25) is 4.79 Å². The van der Waals surface area contributed by atoms with Crippen molar-refractivity contribution in [3.8, 4) is 17.1 Å². The maximum absolute atomic E-state index is 13.3. The fraction of sp³-hybridized carbons (Fsp3) is 0.227. The van der Waals surface area contributed by atoms with Gasteiger partial charge in [0.2, 0.25) is 0 Å². The summed E-state index contributed by atoms with van der Waals surface area (Å²) < 4.78 is 45.0. The van der Waals surface area contributed by atoms with E-state index in [2.05, 4.69) is 9.97 Å². The SMILES string of the molecule is COc1ccc(-c2ncc3c(n2)CCN(C(=O)c2ccccc2C(F)(F)F)C3)cc1. The van der Waals surface area contributed by atoms with E-state index in [0.717, 1.165) is 28.6 Å². The number of carbonyl (C=O) groups is 1. The Morgan fingerprint density at radius 1 is 1.10 bits per heavy atom. The number of alkyl halides is 3. The van der Waals surface area contributed by atoms with Gasteiger partial charge < -0.3 is 9.64 Å². The first-order chi connectivity index (χ1) is 14.4. The molecule has 0 fully saturated rings. The summed E-state index contributed by atoms with van der Waals surface area (Å²) in [6.45, 7) is 0.459. The molecule has 0 bridgehead atoms. The lowest BCUT2D eigenvalue weighted by Crippen LogP contribution is -2.37. The molecular weight excluding hydrogens is 395 g/mol. The van der Waals surface area contributed by atoms with Gasteiger partial charge in [-0.25, -0.2) is 9.97 Å². The van der Waals surface area contributed by atoms with Crippen molar-refractivity contribution in [2.45, 2.75) is 19.1 Å². The van der Waals surface area contributed by atoms with Gasteiger partial charge in [0.1, 0.15) is 5.75 Å². The molecule has 8 heteroatoms. The summed E-state index contributed by atoms with van der Waals surface area (Å²) in [6, 6.07) is 12.2. The molecule has 1 amide bonds. The van der Waals surface area contributed by atoms with Crippen LogP contribution in [0.3, 0.4) is 0 Å². The molecule has 1 aliphatic heterocycles. The van der Waals surface area contributed by atoms with Crippen LogP contribution in [0.5, 0.6) is 5.75 Å². The first-order valence-electron chi connectivity index (χ1n) is 9.31. The predicted octanol–water partition coefficient (Wildman–Crippen LogP) is 4.37. The van der Waals surface area contributed by atoms with Gasteiger partial charge in [0, 0.05) is 36.8 Å². The van der Waals surface area contributed by atoms with Gasteiger partial charge in [-0.1, -0.05) is 12.1 Å². The topological polar surface area (TPSA) is 55.3 Å². The van der Waals surface area contributed by atoms with Crippen molar-refractivity contribution >= 4 is 5.91 Å². The van der Waals surface area contributed by atoms with Gasteiger partial charge in [-0.15, -0.1) is 0 Å². The van der Waals surface area contributed by atoms with Crippen LogP contribution < -0.4 is 4.74 Å². The minimum atomic E-state index is -4.59. The van der Waals surface area contributed by atoms with Crippen LogP contribution >= 0.6 is 0 Å². The number of methoxy groups -OCH3 is 1. The molecule has 0 radical (unpaired) electrons. The zero-order valence-corrected chi connectivity index (χ0v) is 16.1. The van der Waals surface area contributed by atoms with Crippen molar-refractivity contribution in [3.63, 3.8) is 0 Å². The van der Waals surface area contributed by atoms with E-state index in [9.17, 15) is 18.0 Å². The van der Waals surface area contributed by atoms with Crippen LogP contribution in [0, 0.1) is 0 Å². The van der Waals surface area contributed by atoms with Crippen molar-refractivity contribution in [3.05, 3.63) is 77.1 Å². The summed E-state index contributed by atoms with van der Waals surface area (Å²) in [7, 11) is 1.59. The second kappa shape index (κ2) is 7.78. The number of hydrogen-bond donors (Lipinski definition) is 0. The number of hydrogen-bond acceptors (Lipinski definition) is 4. The third-order valence-electron chi connectivity index (χ3n) is 5.03. The van der Waals surface area contributed by atoms with E-state index in [1.54, 1.807) is 13.3 Å². The number of rotatable bonds is 3. The molecule has 0 N–H and O–H groups in total. The van der Waals surface area contributed by atoms with Crippen molar-refractivity contribution in [2.24, 2.45) is 0 Å². The molecule has 154 valence electrons. The minimum Gasteiger partial charge on any atom is -0.497 e. The second-order valence-electron chi connectivity index (χ2n) is 6.91. The van der Waals surface area contributed by atoms with Crippen LogP contribution in [0.2, 0.25) is 0 Å². The summed E-state index contributed by atoms with van der Waals surface area (Å²) in [5.41, 5.74) is 1.09. The Morgan fingerprint density at radius 3 is 2.53 bits per heavy atom. The Labute approximate surface area is 171 Å². The molecule has 0 saturated heterocycles. The Kier molecular flexibility index (Phi) is 5.15. The molecule has 0 saturated carbocycles. The number of ether oxygens (including phenoxy) is 1. The third kappa shape index (κ3) is 3.85. The monoisotopic (exact) mass is 413 g/mol. The zero-order chi connectivity index (χ0) is 21.3. The molecule has 3 aromatic rings. The Morgan fingerprint density at radius 2 is 1.83 bits per heavy atom. The third-order valence-corrected chi connectivity index (χ3v) is 5.03. The smallest absolute Gasteiger partial charge is 0.417 e. The lowest BCUT2D eigenvalue weighted by molar-refractivity contribution is -0.138. The molecule has 0 atom stereocenters. The molecular formula is C22H18F3N3O2. The number of carbonyl (C=O) groups excluding carboxylic acids is 1. The van der Waals surface area contributed by atoms with Crippen LogP contribution in [0.15, 0.2) is 54.7 Å². The van der Waals surface area contributed by atoms with Crippen molar-refractivity contribution in [1.29, 1.82) is 0 Å². The molecule has 4 rings (SSSR count). The van der Waals surface area contributed by atoms with Gasteiger partial charge in [-0.05, 0) is 36.4 Å². The first-order valence-corrected chi connectivity index (χ1v) is 9.31. The molecule has 2 heterocycles. The molecule has 1 aliphatic rings. The number of amides is 1. The van der Waals surface area contributed by atoms with Crippen LogP contribution in [-0.4, -0.2) is 34.4 Å². The molecule has 0 spiro atoms. The molecule has 30 heavy (non-hydrogen) atoms. The number of benzene rings is 2. The van der Waals surface area contributed by atoms with Crippen LogP contribution in [0.1, 0.15) is 27.2 Å². The lowest BCUT2D eigenvalue weighted by Gasteiger charge is -2.29. The van der Waals surface area contributed by atoms with Crippen molar-refractivity contribution in [1.82, 2.24) is 14.9 Å². The summed E-state index contributed by atoms with van der Waals surface area (Å²) >= 11 is 0. The summed E-state index contributed by atoms with van der Waals surface area (Å²) in [5.74, 6) is 0.636. The largest absolute Gasteiger partial charge is 0.497 e. The van der Waals surface area contributed by atoms with Crippen molar-refractivity contribution < 1.29 is 22.7 Å². The molecule has 0 unspecified atom stereocenters. The Bertz CT molecular complexity index is 1080. The van der Waals surface area contributed by atoms with Crippen LogP contribution in [0.4, 0.5) is 13.2 Å². The number of fused-ring (bicyclic) bond motifs is 1. The average molecular weight is 413 g/mol. The maximum atomic E-state index is 13.3. The number of halogens is 3. The van der Waals surface area contributed by atoms with E-state index >= 15 is 0 Å². The average Bonchev–Trinajstić information content (AvgIpc) is 2.77. The lowest BCUT2D eigenvalue weighted by atomic mass is 10.0. The summed E-state index contributed by atoms with van der Waals surface area (Å²) in [4.78, 5) is 23.2. The molecule has 2 aromatic carbocycles. The van der Waals surface area contributed by atoms with Gasteiger partial charge >= 0.3 is 6.18 Å². The highest BCUT2D eigenvalue weighted by Crippen LogP contribution is 2.33. The fourth-order valence-electron chi connectivity index (χ4n) is 3.46. The van der Waals surface area contributed by atoms with Gasteiger partial charge in [0.05, 0.1) is 23.9 Å². The zero-order valence-electron chi connectivity index (χ0n) is 16.1. The van der Waals surface area contributed by atoms with Gasteiger partial charge in [0.15, 0.2) is 5.82 Å². The highest BCUT2D eigenvalue weighted by Gasteiger charge is 2.36. The standard InChI is InChI=1S/C22H18F3N3O2/c1-30-16-8-6-14(7-9-16)20-26-12-15-13-28(11-10-19(15)27-20)21(29)17-4-2-3-5-18(17)22(23,24)25/h2-9,12H,10-11,13H2,1H3. The highest BCUT2D eigenvalue weighted by atomic mass is 19.4. The van der Waals surface area contributed by atoms with E-state index < -0.39 is 17.6 Å². The highest BCUT2D eigenvalue weighted by molar-refractivity contribution is 5.96. The summed E-state index contributed by atoms with van der Waals surface area (Å²) in [5, 5.41) is 0. The Hall–Kier alpha value is -3.42. The molecule has 1 aromatic heterocycles. The van der Waals surface area contributed by atoms with Crippen molar-refractivity contribution in [2.75, 3.05) is 13.7 Å². The van der Waals surface area contributed by atoms with Crippen LogP contribution in [0.25, 0.3) is 11.4 Å². The number of nitrogens with zero attached hydrogens (tertiary/aromatic N) is 3. The van der Waals surface area contributed by atoms with E-state index in [1.165, 1.54) is 23.1 Å². The molecule has 0 aliphatic carbocycles. The molecule has 5 nitrogen and oxygen atoms in total. The first kappa shape index (κ1) is 19.9. The normalized spacial score (nSPS) is 13.7. The van der Waals surface area contributed by atoms with E-state index in [1.807, 2.05) is 24.3 Å². The van der Waals surface area contributed by atoms with E-state index in [0.29, 0.717) is 12.2 Å². The maximum Gasteiger partial charge on any atom is 0.417 e. The van der Waals surface area contributed by atoms with Crippen LogP contribution in [-0.2, 0) is 19.1 Å². The summed E-state index contributed by atoms with van der Waals surface area (Å²) in [6.07, 6.45) is -2.51. The minimum absolute atomic E-state index is 0.170. The quantitative estimate of drug-likeness (QED) is 0.640. The Balaban J connectivity index is 1.57. The van der Waals surface area contributed by atoms with E-state index in [4.69, 9.17) is 4.74 Å². The predicted molar refractivity (Wildman–Crippen MR) is 104 cm³/mol.